The molecular formula is C8H14OP+. The lowest BCUT2D eigenvalue weighted by Crippen LogP contribution is -1.95. The summed E-state index contributed by atoms with van der Waals surface area (Å²) in [4.78, 5) is 0. The molecule has 2 aliphatic heterocycles. The Morgan fingerprint density at radius 1 is 0.900 bits per heavy atom. The van der Waals surface area contributed by atoms with E-state index >= 15 is 0 Å². The van der Waals surface area contributed by atoms with E-state index in [-0.39, 0.29) is 0 Å². The van der Waals surface area contributed by atoms with E-state index in [1.165, 1.54) is 38.5 Å². The Bertz CT molecular complexity index is 139. The molecule has 0 spiro atoms. The van der Waals surface area contributed by atoms with E-state index < -0.39 is 7.80 Å². The summed E-state index contributed by atoms with van der Waals surface area (Å²) >= 11 is 0. The first kappa shape index (κ1) is 6.79. The van der Waals surface area contributed by atoms with Crippen LogP contribution in [0.4, 0.5) is 0 Å². The molecule has 10 heavy (non-hydrogen) atoms. The molecule has 0 aromatic carbocycles. The van der Waals surface area contributed by atoms with Crippen molar-refractivity contribution in [2.24, 2.45) is 0 Å². The van der Waals surface area contributed by atoms with Gasteiger partial charge in [0.2, 0.25) is 0 Å². The Morgan fingerprint density at radius 3 is 1.90 bits per heavy atom. The molecule has 56 valence electrons. The molecule has 0 radical (unpaired) electrons. The smallest absolute Gasteiger partial charge is 0.0742 e. The van der Waals surface area contributed by atoms with Crippen molar-refractivity contribution in [1.82, 2.24) is 0 Å². The van der Waals surface area contributed by atoms with Gasteiger partial charge in [-0.3, -0.25) is 0 Å². The van der Waals surface area contributed by atoms with Crippen molar-refractivity contribution in [3.8, 4) is 0 Å². The van der Waals surface area contributed by atoms with Gasteiger partial charge in [-0.1, -0.05) is 4.57 Å². The van der Waals surface area contributed by atoms with Gasteiger partial charge in [0.1, 0.15) is 0 Å². The van der Waals surface area contributed by atoms with Gasteiger partial charge in [-0.25, -0.2) is 0 Å². The van der Waals surface area contributed by atoms with Crippen molar-refractivity contribution in [2.75, 3.05) is 0 Å². The van der Waals surface area contributed by atoms with Gasteiger partial charge in [0.25, 0.3) is 0 Å². The van der Waals surface area contributed by atoms with Crippen molar-refractivity contribution in [3.05, 3.63) is 0 Å². The third-order valence-corrected chi connectivity index (χ3v) is 5.35. The van der Waals surface area contributed by atoms with Crippen LogP contribution in [0.2, 0.25) is 0 Å². The van der Waals surface area contributed by atoms with Gasteiger partial charge < -0.3 is 0 Å². The molecule has 1 nitrogen and oxygen atoms in total. The molecule has 0 amide bonds. The topological polar surface area (TPSA) is 17.1 Å². The highest BCUT2D eigenvalue weighted by Gasteiger charge is 2.46. The zero-order valence-electron chi connectivity index (χ0n) is 6.25. The Morgan fingerprint density at radius 2 is 1.40 bits per heavy atom. The molecule has 2 heteroatoms. The van der Waals surface area contributed by atoms with E-state index in [9.17, 15) is 4.57 Å². The summed E-state index contributed by atoms with van der Waals surface area (Å²) < 4.78 is 11.6. The molecule has 2 atom stereocenters. The molecular weight excluding hydrogens is 143 g/mol. The fourth-order valence-corrected chi connectivity index (χ4v) is 4.52. The average Bonchev–Trinajstić information content (AvgIpc) is 2.06. The predicted molar refractivity (Wildman–Crippen MR) is 42.9 cm³/mol. The number of rotatable bonds is 0. The standard InChI is InChI=1S/C8H14OP/c9-10-7-3-1-2-4-8(10)6-5-7/h7-8H,1-6H2/q+1. The first-order chi connectivity index (χ1) is 4.88. The quantitative estimate of drug-likeness (QED) is 0.494. The summed E-state index contributed by atoms with van der Waals surface area (Å²) in [5, 5.41) is 0. The van der Waals surface area contributed by atoms with E-state index in [4.69, 9.17) is 0 Å². The first-order valence-corrected chi connectivity index (χ1v) is 5.73. The van der Waals surface area contributed by atoms with E-state index in [0.29, 0.717) is 11.3 Å². The second-order valence-electron chi connectivity index (χ2n) is 3.53. The van der Waals surface area contributed by atoms with Crippen LogP contribution >= 0.6 is 7.80 Å². The molecule has 2 bridgehead atoms. The van der Waals surface area contributed by atoms with Crippen molar-refractivity contribution < 1.29 is 4.57 Å². The monoisotopic (exact) mass is 157 g/mol. The van der Waals surface area contributed by atoms with E-state index in [1.54, 1.807) is 0 Å². The maximum Gasteiger partial charge on any atom is 0.344 e. The van der Waals surface area contributed by atoms with Crippen LogP contribution in [-0.4, -0.2) is 11.3 Å². The van der Waals surface area contributed by atoms with Crippen molar-refractivity contribution in [3.63, 3.8) is 0 Å². The molecule has 2 unspecified atom stereocenters. The van der Waals surface area contributed by atoms with Gasteiger partial charge in [-0.2, -0.15) is 0 Å². The van der Waals surface area contributed by atoms with Gasteiger partial charge >= 0.3 is 7.80 Å². The van der Waals surface area contributed by atoms with Crippen LogP contribution in [-0.2, 0) is 4.57 Å². The fourth-order valence-electron chi connectivity index (χ4n) is 2.24. The minimum atomic E-state index is -0.780. The van der Waals surface area contributed by atoms with Crippen LogP contribution < -0.4 is 0 Å². The zero-order valence-corrected chi connectivity index (χ0v) is 7.15. The highest BCUT2D eigenvalue weighted by molar-refractivity contribution is 7.46. The molecule has 0 aliphatic carbocycles. The normalized spacial score (nSPS) is 43.4. The largest absolute Gasteiger partial charge is 0.344 e. The van der Waals surface area contributed by atoms with Gasteiger partial charge in [-0.05, 0) is 38.5 Å². The maximum absolute atomic E-state index is 11.6. The number of hydrogen-bond acceptors (Lipinski definition) is 1. The van der Waals surface area contributed by atoms with E-state index in [2.05, 4.69) is 0 Å². The summed E-state index contributed by atoms with van der Waals surface area (Å²) in [5.74, 6) is 0. The van der Waals surface area contributed by atoms with E-state index in [1.807, 2.05) is 0 Å². The number of fused-ring (bicyclic) bond motifs is 2. The summed E-state index contributed by atoms with van der Waals surface area (Å²) in [6.45, 7) is 0. The van der Waals surface area contributed by atoms with Crippen LogP contribution in [0.3, 0.4) is 0 Å². The summed E-state index contributed by atoms with van der Waals surface area (Å²) in [5.41, 5.74) is 1.25. The van der Waals surface area contributed by atoms with Gasteiger partial charge in [-0.15, -0.1) is 0 Å². The highest BCUT2D eigenvalue weighted by atomic mass is 31.1. The van der Waals surface area contributed by atoms with Crippen LogP contribution in [0.25, 0.3) is 0 Å². The van der Waals surface area contributed by atoms with Crippen molar-refractivity contribution in [2.45, 2.75) is 49.8 Å². The lowest BCUT2D eigenvalue weighted by atomic mass is 10.0. The highest BCUT2D eigenvalue weighted by Crippen LogP contribution is 2.52. The average molecular weight is 157 g/mol. The molecule has 0 aromatic heterocycles. The lowest BCUT2D eigenvalue weighted by molar-refractivity contribution is 0.556. The third kappa shape index (κ3) is 1.01. The Hall–Kier alpha value is 0.100. The molecule has 0 aromatic rings. The Balaban J connectivity index is 2.14. The Labute approximate surface area is 63.0 Å². The van der Waals surface area contributed by atoms with E-state index in [0.717, 1.165) is 0 Å². The second kappa shape index (κ2) is 2.62. The summed E-state index contributed by atoms with van der Waals surface area (Å²) in [7, 11) is -0.780. The fraction of sp³-hybridized carbons (Fsp3) is 1.00. The molecule has 2 aliphatic rings. The SMILES string of the molecule is O=[P+]1C2CCCCC1CC2. The molecule has 0 N–H and O–H groups in total. The van der Waals surface area contributed by atoms with Crippen LogP contribution in [0, 0.1) is 0 Å². The van der Waals surface area contributed by atoms with Gasteiger partial charge in [0, 0.05) is 0 Å². The molecule has 2 fully saturated rings. The molecule has 2 rings (SSSR count). The summed E-state index contributed by atoms with van der Waals surface area (Å²) in [6.07, 6.45) is 7.71. The zero-order chi connectivity index (χ0) is 6.97. The van der Waals surface area contributed by atoms with Gasteiger partial charge in [0.05, 0.1) is 0 Å². The predicted octanol–water partition coefficient (Wildman–Crippen LogP) is 2.92. The minimum absolute atomic E-state index is 0.627. The Kier molecular flexibility index (Phi) is 1.78. The third-order valence-electron chi connectivity index (χ3n) is 2.88. The summed E-state index contributed by atoms with van der Waals surface area (Å²) in [6, 6.07) is 0. The number of hydrogen-bond donors (Lipinski definition) is 0. The van der Waals surface area contributed by atoms with Crippen LogP contribution in [0.15, 0.2) is 0 Å². The minimum Gasteiger partial charge on any atom is -0.0742 e. The second-order valence-corrected chi connectivity index (χ2v) is 5.71. The molecule has 0 saturated carbocycles. The molecule has 2 saturated heterocycles. The van der Waals surface area contributed by atoms with Crippen molar-refractivity contribution in [1.29, 1.82) is 0 Å². The lowest BCUT2D eigenvalue weighted by Gasteiger charge is -1.98. The first-order valence-electron chi connectivity index (χ1n) is 4.33. The van der Waals surface area contributed by atoms with Gasteiger partial charge in [0.15, 0.2) is 11.3 Å². The van der Waals surface area contributed by atoms with Crippen LogP contribution in [0.1, 0.15) is 38.5 Å². The molecule has 2 heterocycles. The maximum atomic E-state index is 11.6. The van der Waals surface area contributed by atoms with Crippen molar-refractivity contribution >= 4 is 7.80 Å². The van der Waals surface area contributed by atoms with Crippen LogP contribution in [0.5, 0.6) is 0 Å².